The Balaban J connectivity index is 1.42. The predicted octanol–water partition coefficient (Wildman–Crippen LogP) is 2.01. The fraction of sp³-hybridized carbons (Fsp3) is 0.368. The number of carbonyl (C=O) groups excluding carboxylic acids is 1. The van der Waals surface area contributed by atoms with E-state index in [1.54, 1.807) is 12.4 Å². The largest absolute Gasteiger partial charge is 0.434 e. The summed E-state index contributed by atoms with van der Waals surface area (Å²) in [6.07, 6.45) is 5.31. The third-order valence-corrected chi connectivity index (χ3v) is 5.08. The molecule has 1 saturated heterocycles. The highest BCUT2D eigenvalue weighted by molar-refractivity contribution is 5.77. The number of H-pyrrole nitrogens is 2. The van der Waals surface area contributed by atoms with Gasteiger partial charge in [0.2, 0.25) is 11.8 Å². The third-order valence-electron chi connectivity index (χ3n) is 5.08. The molecule has 0 saturated carbocycles. The molecule has 1 aliphatic heterocycles. The van der Waals surface area contributed by atoms with E-state index in [0.717, 1.165) is 24.2 Å². The third kappa shape index (κ3) is 3.84. The molecule has 27 heavy (non-hydrogen) atoms. The number of amides is 1. The second-order valence-corrected chi connectivity index (χ2v) is 6.75. The van der Waals surface area contributed by atoms with E-state index < -0.39 is 5.76 Å². The maximum atomic E-state index is 12.9. The quantitative estimate of drug-likeness (QED) is 0.717. The SMILES string of the molecule is O=C(CC(c1ccccc1)c1ncc[nH]1)N1CCC(c2n[nH]c(=O)o2)CC1. The molecule has 0 radical (unpaired) electrons. The van der Waals surface area contributed by atoms with Gasteiger partial charge in [-0.05, 0) is 18.4 Å². The lowest BCUT2D eigenvalue weighted by atomic mass is 9.92. The van der Waals surface area contributed by atoms with Gasteiger partial charge in [-0.2, -0.15) is 0 Å². The Morgan fingerprint density at radius 3 is 2.67 bits per heavy atom. The number of nitrogens with one attached hydrogen (secondary N) is 2. The number of imidazole rings is 1. The molecule has 1 unspecified atom stereocenters. The van der Waals surface area contributed by atoms with Crippen LogP contribution in [0.25, 0.3) is 0 Å². The minimum absolute atomic E-state index is 0.0722. The highest BCUT2D eigenvalue weighted by Gasteiger charge is 2.29. The van der Waals surface area contributed by atoms with Crippen LogP contribution in [0.3, 0.4) is 0 Å². The number of hydrogen-bond acceptors (Lipinski definition) is 5. The average molecular weight is 367 g/mol. The first-order valence-electron chi connectivity index (χ1n) is 9.08. The summed E-state index contributed by atoms with van der Waals surface area (Å²) in [5, 5.41) is 6.21. The monoisotopic (exact) mass is 367 g/mol. The van der Waals surface area contributed by atoms with Crippen LogP contribution in [0.4, 0.5) is 0 Å². The van der Waals surface area contributed by atoms with Gasteiger partial charge in [0.25, 0.3) is 0 Å². The zero-order valence-corrected chi connectivity index (χ0v) is 14.8. The molecule has 0 spiro atoms. The predicted molar refractivity (Wildman–Crippen MR) is 97.2 cm³/mol. The Hall–Kier alpha value is -3.16. The smallest absolute Gasteiger partial charge is 0.392 e. The molecule has 2 aromatic heterocycles. The Kier molecular flexibility index (Phi) is 4.86. The molecular formula is C19H21N5O3. The van der Waals surface area contributed by atoms with Crippen molar-refractivity contribution in [1.82, 2.24) is 25.1 Å². The van der Waals surface area contributed by atoms with Crippen molar-refractivity contribution in [1.29, 1.82) is 0 Å². The number of piperidine rings is 1. The van der Waals surface area contributed by atoms with Gasteiger partial charge in [-0.25, -0.2) is 14.9 Å². The molecule has 3 heterocycles. The molecule has 8 nitrogen and oxygen atoms in total. The molecule has 0 aliphatic carbocycles. The fourth-order valence-corrected chi connectivity index (χ4v) is 3.62. The molecule has 1 aromatic carbocycles. The van der Waals surface area contributed by atoms with Crippen molar-refractivity contribution in [2.75, 3.05) is 13.1 Å². The summed E-state index contributed by atoms with van der Waals surface area (Å²) in [6, 6.07) is 9.94. The van der Waals surface area contributed by atoms with Gasteiger partial charge >= 0.3 is 5.76 Å². The summed E-state index contributed by atoms with van der Waals surface area (Å²) in [7, 11) is 0. The average Bonchev–Trinajstić information content (AvgIpc) is 3.39. The molecule has 1 fully saturated rings. The van der Waals surface area contributed by atoms with Crippen molar-refractivity contribution in [3.8, 4) is 0 Å². The van der Waals surface area contributed by atoms with Crippen molar-refractivity contribution in [2.24, 2.45) is 0 Å². The van der Waals surface area contributed by atoms with Gasteiger partial charge in [0.15, 0.2) is 0 Å². The second kappa shape index (κ2) is 7.61. The number of carbonyl (C=O) groups is 1. The van der Waals surface area contributed by atoms with Crippen LogP contribution < -0.4 is 5.76 Å². The Morgan fingerprint density at radius 2 is 2.04 bits per heavy atom. The van der Waals surface area contributed by atoms with Gasteiger partial charge in [0, 0.05) is 37.8 Å². The van der Waals surface area contributed by atoms with Crippen molar-refractivity contribution in [2.45, 2.75) is 31.1 Å². The number of aromatic amines is 2. The van der Waals surface area contributed by atoms with E-state index in [1.165, 1.54) is 0 Å². The summed E-state index contributed by atoms with van der Waals surface area (Å²) in [6.45, 7) is 1.25. The molecule has 1 atom stereocenters. The van der Waals surface area contributed by atoms with Crippen LogP contribution in [0.5, 0.6) is 0 Å². The van der Waals surface area contributed by atoms with Gasteiger partial charge in [0.05, 0.1) is 5.92 Å². The minimum Gasteiger partial charge on any atom is -0.392 e. The summed E-state index contributed by atoms with van der Waals surface area (Å²) in [4.78, 5) is 33.4. The van der Waals surface area contributed by atoms with E-state index in [4.69, 9.17) is 4.42 Å². The highest BCUT2D eigenvalue weighted by atomic mass is 16.4. The summed E-state index contributed by atoms with van der Waals surface area (Å²) in [5.74, 6) is 0.765. The molecule has 0 bridgehead atoms. The number of benzene rings is 1. The lowest BCUT2D eigenvalue weighted by Gasteiger charge is -2.31. The van der Waals surface area contributed by atoms with Gasteiger partial charge < -0.3 is 14.3 Å². The normalized spacial score (nSPS) is 16.4. The molecular weight excluding hydrogens is 346 g/mol. The number of rotatable bonds is 5. The summed E-state index contributed by atoms with van der Waals surface area (Å²) < 4.78 is 5.05. The van der Waals surface area contributed by atoms with Crippen molar-refractivity contribution in [3.63, 3.8) is 0 Å². The lowest BCUT2D eigenvalue weighted by Crippen LogP contribution is -2.38. The van der Waals surface area contributed by atoms with Crippen LogP contribution in [0.15, 0.2) is 51.9 Å². The van der Waals surface area contributed by atoms with Crippen LogP contribution in [-0.2, 0) is 4.79 Å². The first-order valence-corrected chi connectivity index (χ1v) is 9.08. The van der Waals surface area contributed by atoms with Crippen LogP contribution in [-0.4, -0.2) is 44.1 Å². The molecule has 140 valence electrons. The topological polar surface area (TPSA) is 108 Å². The van der Waals surface area contributed by atoms with Crippen molar-refractivity contribution >= 4 is 5.91 Å². The first-order chi connectivity index (χ1) is 13.2. The van der Waals surface area contributed by atoms with E-state index in [-0.39, 0.29) is 17.7 Å². The van der Waals surface area contributed by atoms with Crippen LogP contribution in [0.2, 0.25) is 0 Å². The zero-order valence-electron chi connectivity index (χ0n) is 14.8. The summed E-state index contributed by atoms with van der Waals surface area (Å²) in [5.41, 5.74) is 1.06. The van der Waals surface area contributed by atoms with Crippen molar-refractivity contribution < 1.29 is 9.21 Å². The van der Waals surface area contributed by atoms with Gasteiger partial charge in [0.1, 0.15) is 5.82 Å². The number of aromatic nitrogens is 4. The van der Waals surface area contributed by atoms with Gasteiger partial charge in [-0.1, -0.05) is 30.3 Å². The van der Waals surface area contributed by atoms with Crippen LogP contribution in [0.1, 0.15) is 48.4 Å². The highest BCUT2D eigenvalue weighted by Crippen LogP contribution is 2.29. The number of nitrogens with zero attached hydrogens (tertiary/aromatic N) is 3. The fourth-order valence-electron chi connectivity index (χ4n) is 3.62. The second-order valence-electron chi connectivity index (χ2n) is 6.75. The molecule has 4 rings (SSSR count). The minimum atomic E-state index is -0.535. The standard InChI is InChI=1S/C19H21N5O3/c25-16(24-10-6-14(7-11-24)18-22-23-19(26)27-18)12-15(17-20-8-9-21-17)13-4-2-1-3-5-13/h1-5,8-9,14-15H,6-7,10-12H2,(H,20,21)(H,23,26). The Bertz CT molecular complexity index is 924. The number of likely N-dealkylation sites (tertiary alicyclic amines) is 1. The molecule has 2 N–H and O–H groups in total. The molecule has 1 amide bonds. The van der Waals surface area contributed by atoms with E-state index in [9.17, 15) is 9.59 Å². The first kappa shape index (κ1) is 17.3. The Labute approximate surface area is 155 Å². The van der Waals surface area contributed by atoms with Crippen LogP contribution >= 0.6 is 0 Å². The summed E-state index contributed by atoms with van der Waals surface area (Å²) >= 11 is 0. The van der Waals surface area contributed by atoms with Gasteiger partial charge in [-0.3, -0.25) is 4.79 Å². The van der Waals surface area contributed by atoms with Gasteiger partial charge in [-0.15, -0.1) is 5.10 Å². The van der Waals surface area contributed by atoms with Crippen LogP contribution in [0, 0.1) is 0 Å². The zero-order chi connectivity index (χ0) is 18.6. The number of hydrogen-bond donors (Lipinski definition) is 2. The molecule has 1 aliphatic rings. The lowest BCUT2D eigenvalue weighted by molar-refractivity contribution is -0.132. The Morgan fingerprint density at radius 1 is 1.26 bits per heavy atom. The van der Waals surface area contributed by atoms with E-state index in [0.29, 0.717) is 25.4 Å². The molecule has 8 heteroatoms. The van der Waals surface area contributed by atoms with E-state index >= 15 is 0 Å². The van der Waals surface area contributed by atoms with E-state index in [1.807, 2.05) is 35.2 Å². The van der Waals surface area contributed by atoms with E-state index in [2.05, 4.69) is 20.2 Å². The molecule has 3 aromatic rings. The van der Waals surface area contributed by atoms with Crippen molar-refractivity contribution in [3.05, 3.63) is 70.6 Å². The maximum Gasteiger partial charge on any atom is 0.434 e. The maximum absolute atomic E-state index is 12.9.